The highest BCUT2D eigenvalue weighted by molar-refractivity contribution is 7.91. The number of aromatic nitrogens is 3. The van der Waals surface area contributed by atoms with Gasteiger partial charge in [-0.25, -0.2) is 18.4 Å². The number of ether oxygens (including phenoxy) is 1. The third kappa shape index (κ3) is 4.77. The molecule has 9 heteroatoms. The van der Waals surface area contributed by atoms with Gasteiger partial charge < -0.3 is 9.30 Å². The van der Waals surface area contributed by atoms with Gasteiger partial charge in [0.05, 0.1) is 36.8 Å². The SMILES string of the molecule is CN(Cc1nccs1)Cc1cnc(S(=O)(=O)CC2CC2)n1CC1CCCO1. The van der Waals surface area contributed by atoms with E-state index in [-0.39, 0.29) is 17.0 Å². The molecule has 0 amide bonds. The molecule has 0 radical (unpaired) electrons. The maximum absolute atomic E-state index is 12.9. The third-order valence-electron chi connectivity index (χ3n) is 5.06. The summed E-state index contributed by atoms with van der Waals surface area (Å²) >= 11 is 1.62. The van der Waals surface area contributed by atoms with Crippen LogP contribution in [-0.2, 0) is 34.2 Å². The fourth-order valence-electron chi connectivity index (χ4n) is 3.52. The van der Waals surface area contributed by atoms with E-state index in [2.05, 4.69) is 14.9 Å². The fraction of sp³-hybridized carbons (Fsp3) is 0.667. The molecule has 2 aromatic rings. The highest BCUT2D eigenvalue weighted by Gasteiger charge is 2.33. The molecule has 1 aliphatic carbocycles. The highest BCUT2D eigenvalue weighted by atomic mass is 32.2. The molecule has 1 aliphatic heterocycles. The van der Waals surface area contributed by atoms with Gasteiger partial charge in [-0.3, -0.25) is 4.90 Å². The Hall–Kier alpha value is -1.29. The molecule has 1 saturated carbocycles. The smallest absolute Gasteiger partial charge is 0.227 e. The summed E-state index contributed by atoms with van der Waals surface area (Å²) in [6.07, 6.45) is 7.60. The first kappa shape index (κ1) is 19.0. The maximum atomic E-state index is 12.9. The molecule has 1 unspecified atom stereocenters. The second kappa shape index (κ2) is 7.98. The molecule has 4 rings (SSSR count). The minimum absolute atomic E-state index is 0.0668. The lowest BCUT2D eigenvalue weighted by molar-refractivity contribution is 0.0934. The van der Waals surface area contributed by atoms with Crippen LogP contribution in [0.4, 0.5) is 0 Å². The molecule has 0 aromatic carbocycles. The van der Waals surface area contributed by atoms with Crippen LogP contribution in [0.25, 0.3) is 0 Å². The van der Waals surface area contributed by atoms with Crippen LogP contribution < -0.4 is 0 Å². The van der Waals surface area contributed by atoms with Crippen LogP contribution in [0.2, 0.25) is 0 Å². The van der Waals surface area contributed by atoms with Gasteiger partial charge in [-0.05, 0) is 38.6 Å². The minimum Gasteiger partial charge on any atom is -0.376 e. The largest absolute Gasteiger partial charge is 0.376 e. The van der Waals surface area contributed by atoms with Crippen LogP contribution in [0.1, 0.15) is 36.4 Å². The van der Waals surface area contributed by atoms with Crippen LogP contribution in [0.15, 0.2) is 22.9 Å². The summed E-state index contributed by atoms with van der Waals surface area (Å²) < 4.78 is 33.4. The number of thiazole rings is 1. The van der Waals surface area contributed by atoms with Crippen molar-refractivity contribution in [3.05, 3.63) is 28.5 Å². The Labute approximate surface area is 164 Å². The summed E-state index contributed by atoms with van der Waals surface area (Å²) in [4.78, 5) is 10.8. The van der Waals surface area contributed by atoms with Crippen LogP contribution in [0.3, 0.4) is 0 Å². The van der Waals surface area contributed by atoms with Crippen LogP contribution in [-0.4, -0.2) is 53.4 Å². The van der Waals surface area contributed by atoms with Gasteiger partial charge in [-0.2, -0.15) is 0 Å². The van der Waals surface area contributed by atoms with E-state index < -0.39 is 9.84 Å². The van der Waals surface area contributed by atoms with Crippen molar-refractivity contribution in [1.82, 2.24) is 19.4 Å². The van der Waals surface area contributed by atoms with E-state index in [0.717, 1.165) is 49.5 Å². The van der Waals surface area contributed by atoms with Gasteiger partial charge in [0.15, 0.2) is 0 Å². The van der Waals surface area contributed by atoms with E-state index in [0.29, 0.717) is 19.0 Å². The van der Waals surface area contributed by atoms with Crippen molar-refractivity contribution < 1.29 is 13.2 Å². The van der Waals surface area contributed by atoms with Gasteiger partial charge in [-0.15, -0.1) is 11.3 Å². The van der Waals surface area contributed by atoms with Gasteiger partial charge >= 0.3 is 0 Å². The van der Waals surface area contributed by atoms with Crippen molar-refractivity contribution in [2.24, 2.45) is 5.92 Å². The van der Waals surface area contributed by atoms with Crippen molar-refractivity contribution >= 4 is 21.2 Å². The molecular formula is C18H26N4O3S2. The first-order valence-corrected chi connectivity index (χ1v) is 12.0. The van der Waals surface area contributed by atoms with Gasteiger partial charge in [-0.1, -0.05) is 0 Å². The molecule has 27 heavy (non-hydrogen) atoms. The molecule has 1 saturated heterocycles. The minimum atomic E-state index is -3.37. The number of nitrogens with zero attached hydrogens (tertiary/aromatic N) is 4. The molecule has 0 N–H and O–H groups in total. The predicted octanol–water partition coefficient (Wildman–Crippen LogP) is 2.33. The van der Waals surface area contributed by atoms with Crippen molar-refractivity contribution in [3.63, 3.8) is 0 Å². The molecule has 2 aliphatic rings. The zero-order valence-corrected chi connectivity index (χ0v) is 17.2. The fourth-order valence-corrected chi connectivity index (χ4v) is 6.06. The van der Waals surface area contributed by atoms with Gasteiger partial charge in [0.1, 0.15) is 5.01 Å². The number of hydrogen-bond donors (Lipinski definition) is 0. The average Bonchev–Trinajstić information content (AvgIpc) is 3.05. The van der Waals surface area contributed by atoms with E-state index in [9.17, 15) is 8.42 Å². The van der Waals surface area contributed by atoms with Crippen LogP contribution >= 0.6 is 11.3 Å². The lowest BCUT2D eigenvalue weighted by atomic mass is 10.2. The second-order valence-electron chi connectivity index (χ2n) is 7.60. The monoisotopic (exact) mass is 410 g/mol. The average molecular weight is 411 g/mol. The number of imidazole rings is 1. The summed E-state index contributed by atoms with van der Waals surface area (Å²) in [5, 5.41) is 3.22. The summed E-state index contributed by atoms with van der Waals surface area (Å²) in [5.41, 5.74) is 0.916. The Morgan fingerprint density at radius 3 is 2.81 bits per heavy atom. The van der Waals surface area contributed by atoms with Gasteiger partial charge in [0.2, 0.25) is 15.0 Å². The Kier molecular flexibility index (Phi) is 5.63. The first-order chi connectivity index (χ1) is 13.0. The summed E-state index contributed by atoms with van der Waals surface area (Å²) in [6.45, 7) is 2.66. The molecule has 0 spiro atoms. The van der Waals surface area contributed by atoms with Gasteiger partial charge in [0.25, 0.3) is 0 Å². The lowest BCUT2D eigenvalue weighted by Crippen LogP contribution is -2.25. The topological polar surface area (TPSA) is 77.3 Å². The van der Waals surface area contributed by atoms with Crippen molar-refractivity contribution in [2.45, 2.75) is 56.6 Å². The van der Waals surface area contributed by atoms with E-state index in [1.165, 1.54) is 0 Å². The zero-order chi connectivity index (χ0) is 18.9. The maximum Gasteiger partial charge on any atom is 0.227 e. The molecule has 2 fully saturated rings. The summed E-state index contributed by atoms with van der Waals surface area (Å²) in [5.74, 6) is 0.517. The molecular weight excluding hydrogens is 384 g/mol. The van der Waals surface area contributed by atoms with E-state index in [1.54, 1.807) is 23.7 Å². The number of rotatable bonds is 9. The normalized spacial score (nSPS) is 20.6. The second-order valence-corrected chi connectivity index (χ2v) is 10.5. The Bertz CT molecular complexity index is 853. The quantitative estimate of drug-likeness (QED) is 0.631. The van der Waals surface area contributed by atoms with Crippen LogP contribution in [0.5, 0.6) is 0 Å². The predicted molar refractivity (Wildman–Crippen MR) is 103 cm³/mol. The standard InChI is InChI=1S/C18H26N4O3S2/c1-21(12-17-19-6-8-26-17)10-15-9-20-18(27(23,24)13-14-4-5-14)22(15)11-16-3-2-7-25-16/h6,8-9,14,16H,2-5,7,10-13H2,1H3. The molecule has 2 aromatic heterocycles. The zero-order valence-electron chi connectivity index (χ0n) is 15.6. The number of hydrogen-bond acceptors (Lipinski definition) is 7. The van der Waals surface area contributed by atoms with E-state index in [4.69, 9.17) is 4.74 Å². The van der Waals surface area contributed by atoms with Crippen molar-refractivity contribution in [2.75, 3.05) is 19.4 Å². The molecule has 3 heterocycles. The van der Waals surface area contributed by atoms with Gasteiger partial charge in [0, 0.05) is 24.7 Å². The lowest BCUT2D eigenvalue weighted by Gasteiger charge is -2.19. The number of sulfone groups is 1. The summed E-state index contributed by atoms with van der Waals surface area (Å²) in [7, 11) is -1.35. The first-order valence-electron chi connectivity index (χ1n) is 9.47. The highest BCUT2D eigenvalue weighted by Crippen LogP contribution is 2.32. The van der Waals surface area contributed by atoms with Crippen molar-refractivity contribution in [1.29, 1.82) is 0 Å². The molecule has 7 nitrogen and oxygen atoms in total. The molecule has 0 bridgehead atoms. The Balaban J connectivity index is 1.55. The van der Waals surface area contributed by atoms with Crippen molar-refractivity contribution in [3.8, 4) is 0 Å². The molecule has 1 atom stereocenters. The third-order valence-corrected chi connectivity index (χ3v) is 7.62. The Morgan fingerprint density at radius 1 is 1.30 bits per heavy atom. The van der Waals surface area contributed by atoms with E-state index >= 15 is 0 Å². The van der Waals surface area contributed by atoms with E-state index in [1.807, 2.05) is 17.0 Å². The Morgan fingerprint density at radius 2 is 2.15 bits per heavy atom. The van der Waals surface area contributed by atoms with Crippen LogP contribution in [0, 0.1) is 5.92 Å². The molecule has 148 valence electrons. The summed E-state index contributed by atoms with van der Waals surface area (Å²) in [6, 6.07) is 0.